The third-order valence-electron chi connectivity index (χ3n) is 5.74. The van der Waals surface area contributed by atoms with Gasteiger partial charge in [-0.3, -0.25) is 9.36 Å². The molecule has 180 valence electrons. The van der Waals surface area contributed by atoms with Crippen LogP contribution in [0.2, 0.25) is 0 Å². The molecule has 1 aromatic heterocycles. The van der Waals surface area contributed by atoms with Crippen molar-refractivity contribution < 1.29 is 4.79 Å². The quantitative estimate of drug-likeness (QED) is 0.298. The summed E-state index contributed by atoms with van der Waals surface area (Å²) < 4.78 is 2.09. The van der Waals surface area contributed by atoms with Crippen LogP contribution in [0.4, 0.5) is 0 Å². The van der Waals surface area contributed by atoms with E-state index in [-0.39, 0.29) is 11.9 Å². The zero-order valence-electron chi connectivity index (χ0n) is 20.7. The van der Waals surface area contributed by atoms with Crippen molar-refractivity contribution in [2.75, 3.05) is 0 Å². The Kier molecular flexibility index (Phi) is 7.71. The number of hydrogen-bond donors (Lipinski definition) is 1. The normalized spacial score (nSPS) is 12.3. The van der Waals surface area contributed by atoms with Crippen molar-refractivity contribution in [2.45, 2.75) is 51.1 Å². The van der Waals surface area contributed by atoms with Gasteiger partial charge in [-0.1, -0.05) is 111 Å². The number of carbonyl (C=O) groups excluding carboxylic acids is 1. The first-order valence-electron chi connectivity index (χ1n) is 11.9. The molecule has 0 fully saturated rings. The molecule has 3 aromatic carbocycles. The lowest BCUT2D eigenvalue weighted by Gasteiger charge is -2.25. The zero-order valence-corrected chi connectivity index (χ0v) is 21.5. The summed E-state index contributed by atoms with van der Waals surface area (Å²) in [4.78, 5) is 13.1. The molecular formula is C29H32N4OS. The van der Waals surface area contributed by atoms with Gasteiger partial charge in [0.15, 0.2) is 11.0 Å². The maximum atomic E-state index is 13.1. The van der Waals surface area contributed by atoms with E-state index >= 15 is 0 Å². The van der Waals surface area contributed by atoms with Gasteiger partial charge in [0.05, 0.1) is 6.04 Å². The molecule has 1 N–H and O–H groups in total. The van der Waals surface area contributed by atoms with Crippen LogP contribution in [-0.4, -0.2) is 20.7 Å². The smallest absolute Gasteiger partial charge is 0.225 e. The summed E-state index contributed by atoms with van der Waals surface area (Å²) in [5.41, 5.74) is 4.00. The van der Waals surface area contributed by atoms with Gasteiger partial charge in [0, 0.05) is 16.9 Å². The third kappa shape index (κ3) is 6.40. The number of aromatic nitrogens is 3. The second kappa shape index (κ2) is 10.9. The fourth-order valence-electron chi connectivity index (χ4n) is 3.69. The van der Waals surface area contributed by atoms with Crippen molar-refractivity contribution >= 4 is 17.7 Å². The van der Waals surface area contributed by atoms with Crippen LogP contribution in [0.3, 0.4) is 0 Å². The molecule has 1 heterocycles. The van der Waals surface area contributed by atoms with Crippen LogP contribution in [0.15, 0.2) is 90.1 Å². The minimum Gasteiger partial charge on any atom is -0.345 e. The van der Waals surface area contributed by atoms with Crippen LogP contribution in [0.1, 0.15) is 49.3 Å². The highest BCUT2D eigenvalue weighted by molar-refractivity contribution is 7.98. The highest BCUT2D eigenvalue weighted by atomic mass is 32.2. The predicted octanol–water partition coefficient (Wildman–Crippen LogP) is 6.31. The minimum absolute atomic E-state index is 0.0182. The lowest BCUT2D eigenvalue weighted by molar-refractivity contribution is -0.129. The number of rotatable bonds is 8. The van der Waals surface area contributed by atoms with Crippen molar-refractivity contribution in [3.63, 3.8) is 0 Å². The summed E-state index contributed by atoms with van der Waals surface area (Å²) in [5.74, 6) is 1.49. The van der Waals surface area contributed by atoms with Crippen LogP contribution in [0, 0.1) is 12.3 Å². The van der Waals surface area contributed by atoms with Crippen molar-refractivity contribution in [3.05, 3.63) is 107 Å². The number of carbonyl (C=O) groups is 1. The van der Waals surface area contributed by atoms with E-state index in [0.29, 0.717) is 6.42 Å². The van der Waals surface area contributed by atoms with E-state index < -0.39 is 5.41 Å². The summed E-state index contributed by atoms with van der Waals surface area (Å²) >= 11 is 1.64. The van der Waals surface area contributed by atoms with Gasteiger partial charge in [-0.2, -0.15) is 0 Å². The van der Waals surface area contributed by atoms with Crippen LogP contribution < -0.4 is 5.32 Å². The van der Waals surface area contributed by atoms with E-state index in [0.717, 1.165) is 28.0 Å². The fraction of sp³-hybridized carbons (Fsp3) is 0.276. The van der Waals surface area contributed by atoms with E-state index in [9.17, 15) is 4.79 Å². The van der Waals surface area contributed by atoms with E-state index in [4.69, 9.17) is 0 Å². The summed E-state index contributed by atoms with van der Waals surface area (Å²) in [6.07, 6.45) is 0.621. The summed E-state index contributed by atoms with van der Waals surface area (Å²) in [6.45, 7) is 7.85. The molecule has 1 amide bonds. The van der Waals surface area contributed by atoms with Crippen LogP contribution in [0.5, 0.6) is 0 Å². The molecule has 0 bridgehead atoms. The van der Waals surface area contributed by atoms with Gasteiger partial charge in [0.2, 0.25) is 5.91 Å². The lowest BCUT2D eigenvalue weighted by Crippen LogP contribution is -2.39. The maximum Gasteiger partial charge on any atom is 0.225 e. The first-order valence-corrected chi connectivity index (χ1v) is 12.8. The van der Waals surface area contributed by atoms with E-state index in [1.165, 1.54) is 11.1 Å². The molecule has 0 aliphatic rings. The number of nitrogens with one attached hydrogen (secondary N) is 1. The monoisotopic (exact) mass is 484 g/mol. The molecule has 0 spiro atoms. The first kappa shape index (κ1) is 24.7. The average molecular weight is 485 g/mol. The number of nitrogens with zero attached hydrogens (tertiary/aromatic N) is 3. The van der Waals surface area contributed by atoms with Gasteiger partial charge in [-0.25, -0.2) is 0 Å². The zero-order chi connectivity index (χ0) is 24.8. The molecule has 6 heteroatoms. The van der Waals surface area contributed by atoms with E-state index in [1.807, 2.05) is 57.2 Å². The maximum absolute atomic E-state index is 13.1. The number of amides is 1. The number of benzene rings is 3. The molecule has 1 atom stereocenters. The Hall–Kier alpha value is -3.38. The van der Waals surface area contributed by atoms with Gasteiger partial charge in [-0.05, 0) is 36.6 Å². The molecule has 0 saturated heterocycles. The number of hydrogen-bond acceptors (Lipinski definition) is 4. The summed E-state index contributed by atoms with van der Waals surface area (Å²) in [5, 5.41) is 13.3. The molecule has 0 saturated carbocycles. The average Bonchev–Trinajstić information content (AvgIpc) is 3.27. The Morgan fingerprint density at radius 3 is 2.09 bits per heavy atom. The van der Waals surface area contributed by atoms with Crippen LogP contribution >= 0.6 is 11.8 Å². The number of aryl methyl sites for hydroxylation is 1. The standard InChI is InChI=1S/C29H32N4OS/c1-21-15-17-24(18-16-21)33-26(31-32-28(33)35-20-23-13-9-6-10-14-23)25(30-27(34)29(2,3)4)19-22-11-7-5-8-12-22/h5-18,25H,19-20H2,1-4H3,(H,30,34). The van der Waals surface area contributed by atoms with Gasteiger partial charge in [0.1, 0.15) is 0 Å². The lowest BCUT2D eigenvalue weighted by atomic mass is 9.94. The van der Waals surface area contributed by atoms with Crippen LogP contribution in [-0.2, 0) is 17.0 Å². The molecular weight excluding hydrogens is 452 g/mol. The SMILES string of the molecule is Cc1ccc(-n2c(SCc3ccccc3)nnc2C(Cc2ccccc2)NC(=O)C(C)(C)C)cc1. The van der Waals surface area contributed by atoms with Crippen molar-refractivity contribution in [1.82, 2.24) is 20.1 Å². The Labute approximate surface area is 212 Å². The second-order valence-electron chi connectivity index (χ2n) is 9.75. The Bertz CT molecular complexity index is 1250. The summed E-state index contributed by atoms with van der Waals surface area (Å²) in [6, 6.07) is 28.5. The molecule has 1 unspecified atom stereocenters. The largest absolute Gasteiger partial charge is 0.345 e. The van der Waals surface area contributed by atoms with Crippen molar-refractivity contribution in [3.8, 4) is 5.69 Å². The van der Waals surface area contributed by atoms with Gasteiger partial charge in [0.25, 0.3) is 0 Å². The molecule has 0 aliphatic heterocycles. The molecule has 4 aromatic rings. The third-order valence-corrected chi connectivity index (χ3v) is 6.74. The molecule has 35 heavy (non-hydrogen) atoms. The predicted molar refractivity (Wildman–Crippen MR) is 143 cm³/mol. The molecule has 4 rings (SSSR count). The van der Waals surface area contributed by atoms with Crippen LogP contribution in [0.25, 0.3) is 5.69 Å². The molecule has 5 nitrogen and oxygen atoms in total. The summed E-state index contributed by atoms with van der Waals surface area (Å²) in [7, 11) is 0. The Morgan fingerprint density at radius 1 is 0.886 bits per heavy atom. The topological polar surface area (TPSA) is 59.8 Å². The van der Waals surface area contributed by atoms with Crippen molar-refractivity contribution in [1.29, 1.82) is 0 Å². The van der Waals surface area contributed by atoms with Crippen molar-refractivity contribution in [2.24, 2.45) is 5.41 Å². The van der Waals surface area contributed by atoms with Gasteiger partial charge in [-0.15, -0.1) is 10.2 Å². The van der Waals surface area contributed by atoms with Gasteiger partial charge >= 0.3 is 0 Å². The Balaban J connectivity index is 1.75. The highest BCUT2D eigenvalue weighted by Gasteiger charge is 2.29. The molecule has 0 radical (unpaired) electrons. The minimum atomic E-state index is -0.519. The van der Waals surface area contributed by atoms with E-state index in [1.54, 1.807) is 11.8 Å². The van der Waals surface area contributed by atoms with Gasteiger partial charge < -0.3 is 5.32 Å². The molecule has 0 aliphatic carbocycles. The highest BCUT2D eigenvalue weighted by Crippen LogP contribution is 2.30. The fourth-order valence-corrected chi connectivity index (χ4v) is 4.61. The first-order chi connectivity index (χ1) is 16.8. The number of thioether (sulfide) groups is 1. The second-order valence-corrected chi connectivity index (χ2v) is 10.7. The Morgan fingerprint density at radius 2 is 1.49 bits per heavy atom. The van der Waals surface area contributed by atoms with E-state index in [2.05, 4.69) is 75.5 Å².